The third kappa shape index (κ3) is 2.91. The Morgan fingerprint density at radius 2 is 2.00 bits per heavy atom. The molecule has 0 fully saturated rings. The Morgan fingerprint density at radius 1 is 1.12 bits per heavy atom. The lowest BCUT2D eigenvalue weighted by molar-refractivity contribution is 0.158. The summed E-state index contributed by atoms with van der Waals surface area (Å²) < 4.78 is 2.59. The SMILES string of the molecule is S=c1nc(-c2cccs2)[nH]n1CN1CCc2sccc2C1c1cccs1. The molecular weight excluding hydrogens is 400 g/mol. The Bertz CT molecular complexity index is 1060. The quantitative estimate of drug-likeness (QED) is 0.453. The molecule has 1 aliphatic rings. The summed E-state index contributed by atoms with van der Waals surface area (Å²) in [5.41, 5.74) is 1.44. The number of nitrogens with zero attached hydrogens (tertiary/aromatic N) is 3. The number of nitrogens with one attached hydrogen (secondary N) is 1. The Labute approximate surface area is 168 Å². The minimum absolute atomic E-state index is 0.292. The van der Waals surface area contributed by atoms with Crippen LogP contribution in [0, 0.1) is 4.77 Å². The lowest BCUT2D eigenvalue weighted by Gasteiger charge is -2.35. The number of rotatable bonds is 4. The van der Waals surface area contributed by atoms with E-state index >= 15 is 0 Å². The summed E-state index contributed by atoms with van der Waals surface area (Å²) in [6.07, 6.45) is 1.09. The van der Waals surface area contributed by atoms with E-state index in [1.165, 1.54) is 15.3 Å². The largest absolute Gasteiger partial charge is 0.277 e. The molecule has 0 saturated heterocycles. The monoisotopic (exact) mass is 416 g/mol. The van der Waals surface area contributed by atoms with Crippen LogP contribution in [0.25, 0.3) is 10.7 Å². The van der Waals surface area contributed by atoms with Crippen molar-refractivity contribution in [3.63, 3.8) is 0 Å². The number of H-pyrrole nitrogens is 1. The van der Waals surface area contributed by atoms with Crippen LogP contribution in [-0.2, 0) is 13.1 Å². The zero-order chi connectivity index (χ0) is 17.5. The summed E-state index contributed by atoms with van der Waals surface area (Å²) in [4.78, 5) is 11.0. The van der Waals surface area contributed by atoms with Crippen LogP contribution in [0.1, 0.15) is 21.4 Å². The summed E-state index contributed by atoms with van der Waals surface area (Å²) in [6.45, 7) is 1.74. The van der Waals surface area contributed by atoms with E-state index in [2.05, 4.69) is 55.4 Å². The van der Waals surface area contributed by atoms with Crippen LogP contribution in [0.5, 0.6) is 0 Å². The van der Waals surface area contributed by atoms with Gasteiger partial charge in [-0.3, -0.25) is 10.00 Å². The first-order chi connectivity index (χ1) is 12.8. The van der Waals surface area contributed by atoms with Gasteiger partial charge in [0, 0.05) is 16.3 Å². The van der Waals surface area contributed by atoms with Crippen molar-refractivity contribution in [3.8, 4) is 10.7 Å². The first-order valence-corrected chi connectivity index (χ1v) is 11.4. The number of fused-ring (bicyclic) bond motifs is 1. The van der Waals surface area contributed by atoms with Crippen LogP contribution in [0.15, 0.2) is 46.5 Å². The van der Waals surface area contributed by atoms with Crippen molar-refractivity contribution in [2.24, 2.45) is 0 Å². The van der Waals surface area contributed by atoms with Gasteiger partial charge in [-0.2, -0.15) is 4.98 Å². The van der Waals surface area contributed by atoms with Gasteiger partial charge in [0.1, 0.15) is 0 Å². The Morgan fingerprint density at radius 3 is 2.81 bits per heavy atom. The molecule has 1 unspecified atom stereocenters. The van der Waals surface area contributed by atoms with Crippen LogP contribution in [0.4, 0.5) is 0 Å². The van der Waals surface area contributed by atoms with Crippen LogP contribution >= 0.6 is 46.2 Å². The molecule has 5 heterocycles. The average Bonchev–Trinajstić information content (AvgIpc) is 3.43. The van der Waals surface area contributed by atoms with Gasteiger partial charge in [-0.15, -0.1) is 34.0 Å². The first kappa shape index (κ1) is 16.6. The van der Waals surface area contributed by atoms with Crippen molar-refractivity contribution in [1.29, 1.82) is 0 Å². The Hall–Kier alpha value is -1.58. The fraction of sp³-hybridized carbons (Fsp3) is 0.222. The third-order valence-corrected chi connectivity index (χ3v) is 7.74. The molecule has 4 aromatic heterocycles. The summed E-state index contributed by atoms with van der Waals surface area (Å²) in [5.74, 6) is 0.853. The van der Waals surface area contributed by atoms with Crippen molar-refractivity contribution < 1.29 is 0 Å². The molecule has 26 heavy (non-hydrogen) atoms. The molecule has 0 aliphatic carbocycles. The van der Waals surface area contributed by atoms with Crippen molar-refractivity contribution in [2.45, 2.75) is 19.1 Å². The van der Waals surface area contributed by atoms with Gasteiger partial charge in [0.25, 0.3) is 0 Å². The lowest BCUT2D eigenvalue weighted by atomic mass is 9.99. The maximum atomic E-state index is 5.52. The predicted octanol–water partition coefficient (Wildman–Crippen LogP) is 5.40. The molecule has 4 aromatic rings. The Kier molecular flexibility index (Phi) is 4.38. The maximum absolute atomic E-state index is 5.52. The van der Waals surface area contributed by atoms with E-state index in [1.807, 2.05) is 33.4 Å². The molecule has 0 saturated carbocycles. The van der Waals surface area contributed by atoms with Gasteiger partial charge >= 0.3 is 0 Å². The van der Waals surface area contributed by atoms with Gasteiger partial charge in [-0.1, -0.05) is 12.1 Å². The van der Waals surface area contributed by atoms with Gasteiger partial charge < -0.3 is 0 Å². The van der Waals surface area contributed by atoms with Crippen LogP contribution in [0.3, 0.4) is 0 Å². The highest BCUT2D eigenvalue weighted by Gasteiger charge is 2.30. The molecule has 0 bridgehead atoms. The van der Waals surface area contributed by atoms with Crippen molar-refractivity contribution in [2.75, 3.05) is 6.54 Å². The van der Waals surface area contributed by atoms with Gasteiger partial charge in [-0.25, -0.2) is 4.68 Å². The van der Waals surface area contributed by atoms with Gasteiger partial charge in [0.05, 0.1) is 17.6 Å². The molecule has 132 valence electrons. The zero-order valence-corrected chi connectivity index (χ0v) is 17.1. The van der Waals surface area contributed by atoms with E-state index in [-0.39, 0.29) is 0 Å². The molecule has 8 heteroatoms. The van der Waals surface area contributed by atoms with E-state index in [1.54, 1.807) is 11.3 Å². The molecular formula is C18H16N4S4. The van der Waals surface area contributed by atoms with Crippen molar-refractivity contribution in [3.05, 3.63) is 66.6 Å². The van der Waals surface area contributed by atoms with E-state index < -0.39 is 0 Å². The number of thiophene rings is 3. The molecule has 0 spiro atoms. The normalized spacial score (nSPS) is 17.5. The summed E-state index contributed by atoms with van der Waals surface area (Å²) in [6, 6.07) is 11.0. The van der Waals surface area contributed by atoms with Crippen LogP contribution < -0.4 is 0 Å². The second kappa shape index (κ2) is 6.86. The van der Waals surface area contributed by atoms with Crippen LogP contribution in [-0.4, -0.2) is 26.2 Å². The molecule has 1 atom stereocenters. The molecule has 5 rings (SSSR count). The number of aromatic nitrogens is 3. The van der Waals surface area contributed by atoms with Gasteiger partial charge in [-0.05, 0) is 58.5 Å². The molecule has 0 aromatic carbocycles. The second-order valence-electron chi connectivity index (χ2n) is 6.18. The smallest absolute Gasteiger partial charge is 0.217 e. The van der Waals surface area contributed by atoms with E-state index in [0.29, 0.717) is 10.8 Å². The highest BCUT2D eigenvalue weighted by Crippen LogP contribution is 2.39. The minimum atomic E-state index is 0.292. The fourth-order valence-corrected chi connectivity index (χ4v) is 6.10. The van der Waals surface area contributed by atoms with E-state index in [0.717, 1.165) is 30.3 Å². The predicted molar refractivity (Wildman–Crippen MR) is 112 cm³/mol. The Balaban J connectivity index is 1.49. The number of aromatic amines is 1. The van der Waals surface area contributed by atoms with E-state index in [4.69, 9.17) is 12.2 Å². The first-order valence-electron chi connectivity index (χ1n) is 8.34. The van der Waals surface area contributed by atoms with Gasteiger partial charge in [0.2, 0.25) is 4.77 Å². The fourth-order valence-electron chi connectivity index (χ4n) is 3.46. The number of hydrogen-bond donors (Lipinski definition) is 1. The molecule has 1 N–H and O–H groups in total. The standard InChI is InChI=1S/C18H16N4S4/c23-18-19-17(15-4-2-9-25-15)20-22(18)11-21-7-5-13-12(6-10-26-13)16(21)14-3-1-8-24-14/h1-4,6,8-10,16H,5,7,11H2,(H,19,20,23). The third-order valence-electron chi connectivity index (χ3n) is 4.64. The lowest BCUT2D eigenvalue weighted by Crippen LogP contribution is -2.36. The van der Waals surface area contributed by atoms with E-state index in [9.17, 15) is 0 Å². The topological polar surface area (TPSA) is 36.9 Å². The summed E-state index contributed by atoms with van der Waals surface area (Å²) >= 11 is 10.9. The van der Waals surface area contributed by atoms with Crippen molar-refractivity contribution in [1.82, 2.24) is 19.7 Å². The number of hydrogen-bond acceptors (Lipinski definition) is 6. The molecule has 0 amide bonds. The summed E-state index contributed by atoms with van der Waals surface area (Å²) in [5, 5.41) is 9.82. The molecule has 0 radical (unpaired) electrons. The molecule has 4 nitrogen and oxygen atoms in total. The molecule has 1 aliphatic heterocycles. The highest BCUT2D eigenvalue weighted by atomic mass is 32.1. The van der Waals surface area contributed by atoms with Crippen LogP contribution in [0.2, 0.25) is 0 Å². The highest BCUT2D eigenvalue weighted by molar-refractivity contribution is 7.71. The zero-order valence-electron chi connectivity index (χ0n) is 13.8. The van der Waals surface area contributed by atoms with Gasteiger partial charge in [0.15, 0.2) is 5.82 Å². The minimum Gasteiger partial charge on any atom is -0.277 e. The van der Waals surface area contributed by atoms with Crippen molar-refractivity contribution >= 4 is 46.2 Å². The second-order valence-corrected chi connectivity index (χ2v) is 9.47. The average molecular weight is 417 g/mol. The maximum Gasteiger partial charge on any atom is 0.217 e. The summed E-state index contributed by atoms with van der Waals surface area (Å²) in [7, 11) is 0.